The average Bonchev–Trinajstić information content (AvgIpc) is 3.52. The number of amides is 3. The first kappa shape index (κ1) is 28.2. The van der Waals surface area contributed by atoms with E-state index in [9.17, 15) is 14.4 Å². The molecule has 4 atom stereocenters. The Morgan fingerprint density at radius 3 is 2.11 bits per heavy atom. The lowest BCUT2D eigenvalue weighted by Crippen LogP contribution is -2.55. The molecule has 1 fully saturated rings. The van der Waals surface area contributed by atoms with Crippen LogP contribution in [0.3, 0.4) is 0 Å². The van der Waals surface area contributed by atoms with Gasteiger partial charge in [0, 0.05) is 18.5 Å². The molecule has 4 unspecified atom stereocenters. The molecule has 0 spiro atoms. The van der Waals surface area contributed by atoms with Crippen molar-refractivity contribution in [1.29, 1.82) is 0 Å². The smallest absolute Gasteiger partial charge is 0.408 e. The first-order chi connectivity index (χ1) is 17.4. The molecule has 0 radical (unpaired) electrons. The molecule has 0 bridgehead atoms. The van der Waals surface area contributed by atoms with E-state index in [0.29, 0.717) is 0 Å². The van der Waals surface area contributed by atoms with Gasteiger partial charge in [0.1, 0.15) is 17.7 Å². The molecule has 0 aliphatic heterocycles. The fourth-order valence-corrected chi connectivity index (χ4v) is 4.40. The number of nitrogens with one attached hydrogen (secondary N) is 2. The van der Waals surface area contributed by atoms with Crippen LogP contribution in [0.1, 0.15) is 70.7 Å². The van der Waals surface area contributed by atoms with Crippen LogP contribution in [0.2, 0.25) is 0 Å². The zero-order valence-corrected chi connectivity index (χ0v) is 23.1. The van der Waals surface area contributed by atoms with Crippen molar-refractivity contribution in [1.82, 2.24) is 15.5 Å². The molecular weight excluding hydrogens is 466 g/mol. The molecule has 2 N–H and O–H groups in total. The van der Waals surface area contributed by atoms with E-state index in [-0.39, 0.29) is 36.2 Å². The maximum absolute atomic E-state index is 14.3. The second-order valence-corrected chi connectivity index (χ2v) is 11.4. The predicted octanol–water partition coefficient (Wildman–Crippen LogP) is 4.93. The third kappa shape index (κ3) is 8.07. The summed E-state index contributed by atoms with van der Waals surface area (Å²) in [5.74, 6) is -0.279. The maximum Gasteiger partial charge on any atom is 0.408 e. The van der Waals surface area contributed by atoms with Crippen LogP contribution in [0, 0.1) is 12.8 Å². The van der Waals surface area contributed by atoms with Crippen LogP contribution in [-0.2, 0) is 20.7 Å². The van der Waals surface area contributed by atoms with Crippen molar-refractivity contribution in [2.75, 3.05) is 0 Å². The summed E-state index contributed by atoms with van der Waals surface area (Å²) >= 11 is 0. The first-order valence-corrected chi connectivity index (χ1v) is 13.1. The van der Waals surface area contributed by atoms with Crippen molar-refractivity contribution >= 4 is 17.9 Å². The number of nitrogens with zero attached hydrogens (tertiary/aromatic N) is 1. The highest BCUT2D eigenvalue weighted by Crippen LogP contribution is 2.41. The number of hydrogen-bond acceptors (Lipinski definition) is 4. The molecule has 200 valence electrons. The summed E-state index contributed by atoms with van der Waals surface area (Å²) in [6.07, 6.45) is 0.417. The van der Waals surface area contributed by atoms with Gasteiger partial charge in [0.25, 0.3) is 0 Å². The molecule has 1 saturated carbocycles. The molecule has 3 amide bonds. The summed E-state index contributed by atoms with van der Waals surface area (Å²) in [7, 11) is 0. The highest BCUT2D eigenvalue weighted by atomic mass is 16.6. The number of rotatable bonds is 9. The second kappa shape index (κ2) is 11.8. The van der Waals surface area contributed by atoms with Gasteiger partial charge in [-0.1, -0.05) is 67.1 Å². The predicted molar refractivity (Wildman–Crippen MR) is 145 cm³/mol. The van der Waals surface area contributed by atoms with Crippen molar-refractivity contribution in [3.8, 4) is 0 Å². The minimum absolute atomic E-state index is 0.0889. The van der Waals surface area contributed by atoms with E-state index in [1.165, 1.54) is 0 Å². The van der Waals surface area contributed by atoms with Crippen LogP contribution in [-0.4, -0.2) is 46.5 Å². The van der Waals surface area contributed by atoms with Gasteiger partial charge in [0.2, 0.25) is 11.8 Å². The summed E-state index contributed by atoms with van der Waals surface area (Å²) in [5, 5.41) is 5.82. The van der Waals surface area contributed by atoms with Gasteiger partial charge < -0.3 is 20.3 Å². The largest absolute Gasteiger partial charge is 0.444 e. The van der Waals surface area contributed by atoms with Crippen LogP contribution in [0.25, 0.3) is 0 Å². The molecule has 0 aromatic heterocycles. The topological polar surface area (TPSA) is 87.7 Å². The lowest BCUT2D eigenvalue weighted by atomic mass is 9.99. The number of alkyl carbamates (subject to hydrolysis) is 1. The Labute approximate surface area is 221 Å². The molecule has 3 rings (SSSR count). The van der Waals surface area contributed by atoms with Crippen molar-refractivity contribution in [3.63, 3.8) is 0 Å². The molecule has 2 aromatic rings. The van der Waals surface area contributed by atoms with Gasteiger partial charge in [-0.05, 0) is 65.0 Å². The Morgan fingerprint density at radius 1 is 1.00 bits per heavy atom. The fourth-order valence-electron chi connectivity index (χ4n) is 4.40. The first-order valence-electron chi connectivity index (χ1n) is 13.1. The van der Waals surface area contributed by atoms with Crippen LogP contribution in [0.15, 0.2) is 54.6 Å². The van der Waals surface area contributed by atoms with Crippen LogP contribution < -0.4 is 10.6 Å². The molecule has 2 aromatic carbocycles. The molecule has 7 nitrogen and oxygen atoms in total. The van der Waals surface area contributed by atoms with Gasteiger partial charge >= 0.3 is 6.09 Å². The summed E-state index contributed by atoms with van der Waals surface area (Å²) in [5.41, 5.74) is 2.00. The molecule has 1 aliphatic carbocycles. The van der Waals surface area contributed by atoms with Gasteiger partial charge in [-0.25, -0.2) is 4.79 Å². The van der Waals surface area contributed by atoms with Gasteiger partial charge in [-0.2, -0.15) is 0 Å². The Bertz CT molecular complexity index is 1080. The number of carbonyl (C=O) groups excluding carboxylic acids is 3. The zero-order chi connectivity index (χ0) is 27.3. The highest BCUT2D eigenvalue weighted by molar-refractivity contribution is 5.93. The molecule has 7 heteroatoms. The quantitative estimate of drug-likeness (QED) is 0.504. The van der Waals surface area contributed by atoms with Gasteiger partial charge in [-0.15, -0.1) is 0 Å². The molecule has 0 saturated heterocycles. The minimum atomic E-state index is -0.898. The van der Waals surface area contributed by atoms with E-state index in [2.05, 4.69) is 17.6 Å². The van der Waals surface area contributed by atoms with Crippen LogP contribution in [0.5, 0.6) is 0 Å². The summed E-state index contributed by atoms with van der Waals surface area (Å²) in [6.45, 7) is 13.2. The third-order valence-corrected chi connectivity index (χ3v) is 6.30. The Morgan fingerprint density at radius 2 is 1.59 bits per heavy atom. The molecule has 1 aliphatic rings. The summed E-state index contributed by atoms with van der Waals surface area (Å²) in [4.78, 5) is 42.4. The van der Waals surface area contributed by atoms with E-state index in [1.807, 2.05) is 75.4 Å². The van der Waals surface area contributed by atoms with Gasteiger partial charge in [0.15, 0.2) is 0 Å². The monoisotopic (exact) mass is 507 g/mol. The van der Waals surface area contributed by atoms with E-state index in [1.54, 1.807) is 25.7 Å². The number of ether oxygens (including phenoxy) is 1. The number of benzene rings is 2. The average molecular weight is 508 g/mol. The molecule has 37 heavy (non-hydrogen) atoms. The zero-order valence-electron chi connectivity index (χ0n) is 23.1. The van der Waals surface area contributed by atoms with Crippen molar-refractivity contribution < 1.29 is 19.1 Å². The number of carbonyl (C=O) groups is 3. The van der Waals surface area contributed by atoms with E-state index >= 15 is 0 Å². The maximum atomic E-state index is 14.3. The van der Waals surface area contributed by atoms with E-state index < -0.39 is 23.8 Å². The lowest BCUT2D eigenvalue weighted by molar-refractivity contribution is -0.143. The number of aryl methyl sites for hydroxylation is 1. The Kier molecular flexibility index (Phi) is 9.00. The minimum Gasteiger partial charge on any atom is -0.444 e. The molecular formula is C30H41N3O4. The SMILES string of the molecule is Cc1ccc(C(C(=O)NC(C)C)N(C(=O)C(Cc2ccccc2)NC(=O)OC(C)(C)C)C2CC2C)cc1. The highest BCUT2D eigenvalue weighted by Gasteiger charge is 2.48. The standard InChI is InChI=1S/C30H41N3O4/c1-19(2)31-27(34)26(23-15-13-20(3)14-16-23)33(25-17-21(25)4)28(35)24(18-22-11-9-8-10-12-22)32-29(36)37-30(5,6)7/h8-16,19,21,24-26H,17-18H2,1-7H3,(H,31,34)(H,32,36). The normalized spacial score (nSPS) is 18.5. The summed E-state index contributed by atoms with van der Waals surface area (Å²) in [6, 6.07) is 15.3. The van der Waals surface area contributed by atoms with Crippen molar-refractivity contribution in [2.24, 2.45) is 5.92 Å². The summed E-state index contributed by atoms with van der Waals surface area (Å²) < 4.78 is 5.49. The number of hydrogen-bond donors (Lipinski definition) is 2. The Balaban J connectivity index is 2.02. The third-order valence-electron chi connectivity index (χ3n) is 6.30. The fraction of sp³-hybridized carbons (Fsp3) is 0.500. The van der Waals surface area contributed by atoms with Crippen molar-refractivity contribution in [3.05, 3.63) is 71.3 Å². The van der Waals surface area contributed by atoms with Gasteiger partial charge in [0.05, 0.1) is 0 Å². The van der Waals surface area contributed by atoms with E-state index in [4.69, 9.17) is 4.74 Å². The van der Waals surface area contributed by atoms with Crippen LogP contribution >= 0.6 is 0 Å². The van der Waals surface area contributed by atoms with Gasteiger partial charge in [-0.3, -0.25) is 9.59 Å². The second-order valence-electron chi connectivity index (χ2n) is 11.4. The Hall–Kier alpha value is -3.35. The van der Waals surface area contributed by atoms with Crippen LogP contribution in [0.4, 0.5) is 4.79 Å². The van der Waals surface area contributed by atoms with E-state index in [0.717, 1.165) is 23.1 Å². The lowest BCUT2D eigenvalue weighted by Gasteiger charge is -2.35. The molecule has 0 heterocycles. The van der Waals surface area contributed by atoms with Crippen molar-refractivity contribution in [2.45, 2.75) is 91.1 Å².